The summed E-state index contributed by atoms with van der Waals surface area (Å²) in [6.45, 7) is 4.64. The predicted molar refractivity (Wildman–Crippen MR) is 608 cm³/mol. The van der Waals surface area contributed by atoms with E-state index >= 15 is 0 Å². The van der Waals surface area contributed by atoms with Crippen molar-refractivity contribution in [2.75, 3.05) is 0 Å². The monoisotopic (exact) mass is 1890 g/mol. The number of aromatic nitrogens is 8. The van der Waals surface area contributed by atoms with Gasteiger partial charge in [-0.2, -0.15) is 0 Å². The van der Waals surface area contributed by atoms with Crippen molar-refractivity contribution in [3.63, 3.8) is 0 Å². The molecular weight excluding hydrogens is 1810 g/mol. The summed E-state index contributed by atoms with van der Waals surface area (Å²) in [4.78, 5) is 41.6. The maximum absolute atomic E-state index is 6.65. The van der Waals surface area contributed by atoms with Crippen molar-refractivity contribution < 1.29 is 13.3 Å². The molecule has 0 spiro atoms. The van der Waals surface area contributed by atoms with Crippen LogP contribution in [0, 0.1) is 0 Å². The lowest BCUT2D eigenvalue weighted by molar-refractivity contribution is 0.660. The standard InChI is InChI=1S/C49H29N3S.C47H27N3O2.C39H26N2O/c1-2-13-31(14-3-1)47-50-48(35-24-25-39-34(26-35)23-22-30-12-4-7-17-37(30)39)52-49(51-47)42-28-36(27-32-15-5-8-18-38(32)42)45-40-19-9-6-16-33(40)29-44-46(45)41-20-10-11-21-43(41)53-44;1-2-12-29(13-3-1)45-48-46(33-22-21-28-11-4-5-14-30(28)25-33)50-47(49-45)37-18-10-20-39-43(37)36-24-23-32(27-40(36)52-39)42-34-16-7-6-15-31(34)26-41-44(42)35-17-8-9-19-38(35)51-41;1-39(2)29-15-7-5-13-26(29)27-20-19-24(21-30(27)39)37-38(41-32-17-9-8-16-31(32)40-37)36-25-12-4-3-11-23(25)22-34-35(36)28-14-6-10-18-33(28)42-34/h1-29H;1-27H;3-22H,1-2H3. The van der Waals surface area contributed by atoms with Gasteiger partial charge in [0.15, 0.2) is 34.9 Å². The number of fused-ring (bicyclic) bond motifs is 24. The van der Waals surface area contributed by atoms with Crippen molar-refractivity contribution in [1.29, 1.82) is 0 Å². The maximum Gasteiger partial charge on any atom is 0.164 e. The summed E-state index contributed by atoms with van der Waals surface area (Å²) >= 11 is 1.86. The highest BCUT2D eigenvalue weighted by Gasteiger charge is 2.37. The number of hydrogen-bond acceptors (Lipinski definition) is 12. The van der Waals surface area contributed by atoms with Gasteiger partial charge in [0, 0.05) is 108 Å². The molecule has 7 heterocycles. The molecule has 0 atom stereocenters. The van der Waals surface area contributed by atoms with Crippen LogP contribution in [0.3, 0.4) is 0 Å². The van der Waals surface area contributed by atoms with E-state index in [4.69, 9.17) is 53.1 Å². The van der Waals surface area contributed by atoms with Gasteiger partial charge in [0.2, 0.25) is 0 Å². The number of para-hydroxylation sites is 4. The van der Waals surface area contributed by atoms with Gasteiger partial charge in [0.05, 0.1) is 22.4 Å². The summed E-state index contributed by atoms with van der Waals surface area (Å²) in [5, 5.41) is 25.3. The SMILES string of the molecule is CC1(C)c2ccccc2-c2ccc(-c3nc4ccccc4nc3-c3c4ccccc4cc4oc5ccccc5c34)cc21.c1ccc(-c2nc(-c3ccc4c(ccc5ccccc54)c3)nc(-c3cc(-c4c5ccccc5cc5sc6ccccc6c45)cc4ccccc34)n2)cc1.c1ccc(-c2nc(-c3ccc4ccccc4c3)nc(-c3cccc4oc5cc(-c6c7ccccc7cc7oc8ccccc8c67)ccc5c34)n2)cc1. The summed E-state index contributed by atoms with van der Waals surface area (Å²) in [5.74, 6) is 3.78. The topological polar surface area (TPSA) is 143 Å². The maximum atomic E-state index is 6.65. The van der Waals surface area contributed by atoms with Crippen LogP contribution < -0.4 is 0 Å². The Morgan fingerprint density at radius 2 is 0.599 bits per heavy atom. The average molecular weight is 1900 g/mol. The third-order valence-corrected chi connectivity index (χ3v) is 30.7. The molecule has 0 fully saturated rings. The first-order valence-corrected chi connectivity index (χ1v) is 50.4. The van der Waals surface area contributed by atoms with E-state index in [9.17, 15) is 0 Å². The van der Waals surface area contributed by atoms with Crippen LogP contribution in [0.25, 0.3) is 297 Å². The highest BCUT2D eigenvalue weighted by Crippen LogP contribution is 2.54. The molecule has 7 aromatic heterocycles. The Bertz CT molecular complexity index is 10700. The van der Waals surface area contributed by atoms with Gasteiger partial charge in [-0.3, -0.25) is 0 Å². The number of nitrogens with zero attached hydrogens (tertiary/aromatic N) is 8. The van der Waals surface area contributed by atoms with Gasteiger partial charge >= 0.3 is 0 Å². The van der Waals surface area contributed by atoms with E-state index in [1.807, 2.05) is 114 Å². The average Bonchev–Trinajstić information content (AvgIpc) is 1.61. The van der Waals surface area contributed by atoms with Crippen LogP contribution in [0.15, 0.2) is 474 Å². The van der Waals surface area contributed by atoms with Gasteiger partial charge < -0.3 is 13.3 Å². The number of hydrogen-bond donors (Lipinski definition) is 0. The fourth-order valence-electron chi connectivity index (χ4n) is 22.7. The number of thiophene rings is 1. The molecule has 1 aliphatic rings. The van der Waals surface area contributed by atoms with Gasteiger partial charge in [-0.25, -0.2) is 39.9 Å². The molecule has 31 rings (SSSR count). The molecule has 0 N–H and O–H groups in total. The number of furan rings is 3. The van der Waals surface area contributed by atoms with Crippen LogP contribution in [-0.2, 0) is 5.41 Å². The van der Waals surface area contributed by atoms with Gasteiger partial charge in [0.25, 0.3) is 0 Å². The van der Waals surface area contributed by atoms with E-state index < -0.39 is 0 Å². The van der Waals surface area contributed by atoms with Crippen LogP contribution >= 0.6 is 11.3 Å². The molecule has 0 saturated heterocycles. The fraction of sp³-hybridized carbons (Fsp3) is 0.0222. The van der Waals surface area contributed by atoms with Crippen molar-refractivity contribution >= 4 is 184 Å². The highest BCUT2D eigenvalue weighted by atomic mass is 32.1. The second-order valence-electron chi connectivity index (χ2n) is 38.5. The minimum atomic E-state index is -0.111. The van der Waals surface area contributed by atoms with E-state index in [1.165, 1.54) is 80.3 Å². The van der Waals surface area contributed by atoms with Crippen molar-refractivity contribution in [1.82, 2.24) is 39.9 Å². The number of rotatable bonds is 10. The van der Waals surface area contributed by atoms with Crippen molar-refractivity contribution in [3.05, 3.63) is 472 Å². The van der Waals surface area contributed by atoms with Crippen LogP contribution in [0.1, 0.15) is 25.0 Å². The zero-order valence-electron chi connectivity index (χ0n) is 79.6. The van der Waals surface area contributed by atoms with E-state index in [0.717, 1.165) is 193 Å². The van der Waals surface area contributed by atoms with Crippen LogP contribution in [0.2, 0.25) is 0 Å². The Hall–Kier alpha value is -19.1. The molecule has 0 radical (unpaired) electrons. The molecule has 0 bridgehead atoms. The van der Waals surface area contributed by atoms with Gasteiger partial charge in [-0.05, 0) is 211 Å². The highest BCUT2D eigenvalue weighted by molar-refractivity contribution is 7.26. The third kappa shape index (κ3) is 14.2. The third-order valence-electron chi connectivity index (χ3n) is 29.6. The molecule has 0 unspecified atom stereocenters. The fourth-order valence-corrected chi connectivity index (χ4v) is 23.9. The van der Waals surface area contributed by atoms with E-state index in [0.29, 0.717) is 34.9 Å². The summed E-state index contributed by atoms with van der Waals surface area (Å²) < 4.78 is 22.0. The quantitative estimate of drug-likeness (QED) is 0.121. The minimum Gasteiger partial charge on any atom is -0.456 e. The smallest absolute Gasteiger partial charge is 0.164 e. The first kappa shape index (κ1) is 84.7. The van der Waals surface area contributed by atoms with Crippen LogP contribution in [0.5, 0.6) is 0 Å². The lowest BCUT2D eigenvalue weighted by Gasteiger charge is -2.22. The zero-order valence-corrected chi connectivity index (χ0v) is 80.4. The zero-order chi connectivity index (χ0) is 97.1. The van der Waals surface area contributed by atoms with Crippen LogP contribution in [-0.4, -0.2) is 39.9 Å². The predicted octanol–water partition coefficient (Wildman–Crippen LogP) is 36.5. The molecule has 0 amide bonds. The second kappa shape index (κ2) is 34.1. The Balaban J connectivity index is 0.000000105. The molecule has 1 aliphatic carbocycles. The van der Waals surface area contributed by atoms with E-state index in [2.05, 4.69) is 372 Å². The number of benzene rings is 23. The molecule has 0 saturated carbocycles. The van der Waals surface area contributed by atoms with E-state index in [1.54, 1.807) is 0 Å². The largest absolute Gasteiger partial charge is 0.456 e. The molecule has 23 aromatic carbocycles. The molecule has 147 heavy (non-hydrogen) atoms. The summed E-state index contributed by atoms with van der Waals surface area (Å²) in [6.07, 6.45) is 0. The molecule has 686 valence electrons. The summed E-state index contributed by atoms with van der Waals surface area (Å²) in [7, 11) is 0. The Labute approximate surface area is 846 Å². The summed E-state index contributed by atoms with van der Waals surface area (Å²) in [6, 6.07) is 162. The van der Waals surface area contributed by atoms with Gasteiger partial charge in [-0.1, -0.05) is 378 Å². The molecule has 0 aliphatic heterocycles. The molecule has 11 nitrogen and oxygen atoms in total. The normalized spacial score (nSPS) is 12.3. The van der Waals surface area contributed by atoms with Crippen LogP contribution in [0.4, 0.5) is 0 Å². The lowest BCUT2D eigenvalue weighted by Crippen LogP contribution is -2.15. The summed E-state index contributed by atoms with van der Waals surface area (Å²) in [5.41, 5.74) is 26.1. The van der Waals surface area contributed by atoms with Gasteiger partial charge in [-0.15, -0.1) is 11.3 Å². The molecular formula is C135H82N8O3S. The second-order valence-corrected chi connectivity index (χ2v) is 39.6. The molecule has 30 aromatic rings. The van der Waals surface area contributed by atoms with Gasteiger partial charge in [0.1, 0.15) is 33.5 Å². The first-order chi connectivity index (χ1) is 72.6. The minimum absolute atomic E-state index is 0.111. The van der Waals surface area contributed by atoms with Crippen molar-refractivity contribution in [3.8, 4) is 124 Å². The molecule has 12 heteroatoms. The van der Waals surface area contributed by atoms with Crippen molar-refractivity contribution in [2.24, 2.45) is 0 Å². The Morgan fingerprint density at radius 1 is 0.184 bits per heavy atom. The first-order valence-electron chi connectivity index (χ1n) is 49.6. The Morgan fingerprint density at radius 3 is 1.27 bits per heavy atom. The lowest BCUT2D eigenvalue weighted by atomic mass is 9.81. The Kier molecular flexibility index (Phi) is 19.6. The van der Waals surface area contributed by atoms with E-state index in [-0.39, 0.29) is 5.41 Å². The van der Waals surface area contributed by atoms with Crippen molar-refractivity contribution in [2.45, 2.75) is 19.3 Å².